The molecule has 30 heavy (non-hydrogen) atoms. The van der Waals surface area contributed by atoms with E-state index in [9.17, 15) is 4.79 Å². The molecule has 0 atom stereocenters. The van der Waals surface area contributed by atoms with Crippen molar-refractivity contribution in [2.75, 3.05) is 51.7 Å². The molecule has 0 aromatic heterocycles. The summed E-state index contributed by atoms with van der Waals surface area (Å²) in [6.07, 6.45) is 6.16. The lowest BCUT2D eigenvalue weighted by molar-refractivity contribution is 0.209. The van der Waals surface area contributed by atoms with Gasteiger partial charge >= 0.3 is 6.03 Å². The van der Waals surface area contributed by atoms with E-state index < -0.39 is 0 Å². The van der Waals surface area contributed by atoms with Crippen LogP contribution in [0.4, 0.5) is 10.5 Å². The van der Waals surface area contributed by atoms with E-state index in [-0.39, 0.29) is 6.03 Å². The molecule has 1 heterocycles. The van der Waals surface area contributed by atoms with Gasteiger partial charge in [0.15, 0.2) is 0 Å². The number of benzene rings is 1. The van der Waals surface area contributed by atoms with E-state index in [1.165, 1.54) is 24.9 Å². The molecule has 0 radical (unpaired) electrons. The van der Waals surface area contributed by atoms with Crippen LogP contribution in [0, 0.1) is 6.92 Å². The van der Waals surface area contributed by atoms with Crippen LogP contribution in [0.15, 0.2) is 18.2 Å². The first-order chi connectivity index (χ1) is 14.4. The van der Waals surface area contributed by atoms with Crippen LogP contribution in [0.3, 0.4) is 0 Å². The summed E-state index contributed by atoms with van der Waals surface area (Å²) in [5.74, 6) is 0. The number of aryl methyl sites for hydroxylation is 1. The van der Waals surface area contributed by atoms with E-state index in [0.717, 1.165) is 56.2 Å². The Balaban J connectivity index is 0.000000287. The number of urea groups is 1. The van der Waals surface area contributed by atoms with Crippen LogP contribution in [0.1, 0.15) is 58.4 Å². The number of anilines is 1. The van der Waals surface area contributed by atoms with Crippen LogP contribution in [-0.2, 0) is 0 Å². The van der Waals surface area contributed by atoms with E-state index in [1.54, 1.807) is 19.0 Å². The van der Waals surface area contributed by atoms with Crippen LogP contribution in [-0.4, -0.2) is 68.7 Å². The van der Waals surface area contributed by atoms with Crippen molar-refractivity contribution in [3.8, 4) is 0 Å². The number of amides is 2. The van der Waals surface area contributed by atoms with Crippen molar-refractivity contribution in [1.29, 1.82) is 0 Å². The average molecular weight is 439 g/mol. The minimum Gasteiger partial charge on any atom is -0.368 e. The monoisotopic (exact) mass is 438 g/mol. The predicted octanol–water partition coefficient (Wildman–Crippen LogP) is 5.41. The third-order valence-electron chi connectivity index (χ3n) is 5.67. The Labute approximate surface area is 189 Å². The molecule has 1 aliphatic heterocycles. The SMILES string of the molecule is CC.CCN1CCN(c2cccc(C)c2Cl)CC1.CN(C)C(=O)NC1CCCCC1. The van der Waals surface area contributed by atoms with Gasteiger partial charge in [0.2, 0.25) is 0 Å². The maximum absolute atomic E-state index is 11.2. The molecule has 1 saturated heterocycles. The number of carbonyl (C=O) groups is 1. The van der Waals surface area contributed by atoms with Gasteiger partial charge in [-0.05, 0) is 37.9 Å². The van der Waals surface area contributed by atoms with Crippen molar-refractivity contribution in [3.05, 3.63) is 28.8 Å². The van der Waals surface area contributed by atoms with E-state index in [2.05, 4.69) is 47.2 Å². The van der Waals surface area contributed by atoms with Gasteiger partial charge in [0.25, 0.3) is 0 Å². The van der Waals surface area contributed by atoms with Gasteiger partial charge in [-0.2, -0.15) is 0 Å². The highest BCUT2D eigenvalue weighted by atomic mass is 35.5. The Hall–Kier alpha value is -1.46. The molecule has 0 bridgehead atoms. The highest BCUT2D eigenvalue weighted by Gasteiger charge is 2.18. The molecule has 1 saturated carbocycles. The van der Waals surface area contributed by atoms with Crippen molar-refractivity contribution in [1.82, 2.24) is 15.1 Å². The van der Waals surface area contributed by atoms with Crippen LogP contribution in [0.5, 0.6) is 0 Å². The van der Waals surface area contributed by atoms with Crippen molar-refractivity contribution < 1.29 is 4.79 Å². The summed E-state index contributed by atoms with van der Waals surface area (Å²) in [4.78, 5) is 17.7. The van der Waals surface area contributed by atoms with Gasteiger partial charge in [0.05, 0.1) is 10.7 Å². The molecule has 1 aromatic carbocycles. The minimum atomic E-state index is 0.0434. The number of piperazine rings is 1. The normalized spacial score (nSPS) is 17.2. The average Bonchev–Trinajstić information content (AvgIpc) is 2.78. The van der Waals surface area contributed by atoms with Crippen molar-refractivity contribution in [2.45, 2.75) is 65.8 Å². The predicted molar refractivity (Wildman–Crippen MR) is 131 cm³/mol. The van der Waals surface area contributed by atoms with Gasteiger partial charge in [-0.3, -0.25) is 0 Å². The first kappa shape index (κ1) is 26.6. The number of nitrogens with zero attached hydrogens (tertiary/aromatic N) is 3. The summed E-state index contributed by atoms with van der Waals surface area (Å²) in [6, 6.07) is 6.74. The Morgan fingerprint density at radius 3 is 2.23 bits per heavy atom. The molecule has 1 N–H and O–H groups in total. The first-order valence-electron chi connectivity index (χ1n) is 11.6. The Bertz CT molecular complexity index is 609. The molecule has 172 valence electrons. The largest absolute Gasteiger partial charge is 0.368 e. The molecule has 2 fully saturated rings. The van der Waals surface area contributed by atoms with Gasteiger partial charge in [-0.25, -0.2) is 4.79 Å². The minimum absolute atomic E-state index is 0.0434. The lowest BCUT2D eigenvalue weighted by Crippen LogP contribution is -2.46. The highest BCUT2D eigenvalue weighted by molar-refractivity contribution is 6.34. The first-order valence-corrected chi connectivity index (χ1v) is 12.0. The lowest BCUT2D eigenvalue weighted by atomic mass is 9.96. The van der Waals surface area contributed by atoms with E-state index in [0.29, 0.717) is 6.04 Å². The van der Waals surface area contributed by atoms with Crippen molar-refractivity contribution in [3.63, 3.8) is 0 Å². The van der Waals surface area contributed by atoms with Gasteiger partial charge in [0, 0.05) is 46.3 Å². The number of nitrogens with one attached hydrogen (secondary N) is 1. The molecule has 0 unspecified atom stereocenters. The summed E-state index contributed by atoms with van der Waals surface area (Å²) < 4.78 is 0. The summed E-state index contributed by atoms with van der Waals surface area (Å²) in [5.41, 5.74) is 2.36. The number of rotatable bonds is 3. The van der Waals surface area contributed by atoms with E-state index in [1.807, 2.05) is 13.8 Å². The highest BCUT2D eigenvalue weighted by Crippen LogP contribution is 2.29. The third-order valence-corrected chi connectivity index (χ3v) is 6.16. The van der Waals surface area contributed by atoms with Crippen LogP contribution >= 0.6 is 11.6 Å². The number of hydrogen-bond donors (Lipinski definition) is 1. The standard InChI is InChI=1S/C13H19ClN2.C9H18N2O.C2H6/c1-3-15-7-9-16(10-8-15)12-6-4-5-11(2)13(12)14;1-11(2)9(12)10-8-6-4-3-5-7-8;1-2/h4-6H,3,7-10H2,1-2H3;8H,3-7H2,1-2H3,(H,10,12);1-2H3. The number of halogens is 1. The zero-order valence-corrected chi connectivity index (χ0v) is 20.8. The maximum Gasteiger partial charge on any atom is 0.317 e. The van der Waals surface area contributed by atoms with Gasteiger partial charge in [0.1, 0.15) is 0 Å². The fraction of sp³-hybridized carbons (Fsp3) is 0.708. The smallest absolute Gasteiger partial charge is 0.317 e. The second kappa shape index (κ2) is 14.5. The fourth-order valence-electron chi connectivity index (χ4n) is 3.73. The van der Waals surface area contributed by atoms with Gasteiger partial charge in [-0.1, -0.05) is 63.8 Å². The van der Waals surface area contributed by atoms with Gasteiger partial charge < -0.3 is 20.0 Å². The molecular formula is C24H43ClN4O. The second-order valence-electron chi connectivity index (χ2n) is 8.01. The molecule has 1 aliphatic carbocycles. The molecule has 1 aromatic rings. The lowest BCUT2D eigenvalue weighted by Gasteiger charge is -2.36. The summed E-state index contributed by atoms with van der Waals surface area (Å²) in [6.45, 7) is 13.9. The molecule has 6 heteroatoms. The zero-order valence-electron chi connectivity index (χ0n) is 20.0. The van der Waals surface area contributed by atoms with Crippen LogP contribution in [0.25, 0.3) is 0 Å². The Kier molecular flexibility index (Phi) is 12.9. The quantitative estimate of drug-likeness (QED) is 0.685. The molecule has 2 aliphatic rings. The van der Waals surface area contributed by atoms with E-state index in [4.69, 9.17) is 11.6 Å². The van der Waals surface area contributed by atoms with Crippen LogP contribution < -0.4 is 10.2 Å². The Morgan fingerprint density at radius 2 is 1.70 bits per heavy atom. The van der Waals surface area contributed by atoms with Crippen molar-refractivity contribution >= 4 is 23.3 Å². The molecule has 2 amide bonds. The molecule has 0 spiro atoms. The molecule has 5 nitrogen and oxygen atoms in total. The number of carbonyl (C=O) groups excluding carboxylic acids is 1. The molecule has 3 rings (SSSR count). The van der Waals surface area contributed by atoms with Crippen LogP contribution in [0.2, 0.25) is 5.02 Å². The molecular weight excluding hydrogens is 396 g/mol. The van der Waals surface area contributed by atoms with Gasteiger partial charge in [-0.15, -0.1) is 0 Å². The number of likely N-dealkylation sites (N-methyl/N-ethyl adjacent to an activating group) is 1. The number of hydrogen-bond acceptors (Lipinski definition) is 3. The third kappa shape index (κ3) is 8.73. The zero-order chi connectivity index (χ0) is 22.5. The summed E-state index contributed by atoms with van der Waals surface area (Å²) in [7, 11) is 3.55. The fourth-order valence-corrected chi connectivity index (χ4v) is 3.98. The van der Waals surface area contributed by atoms with Crippen molar-refractivity contribution in [2.24, 2.45) is 0 Å². The van der Waals surface area contributed by atoms with E-state index >= 15 is 0 Å². The topological polar surface area (TPSA) is 38.8 Å². The second-order valence-corrected chi connectivity index (χ2v) is 8.39. The maximum atomic E-state index is 11.2. The summed E-state index contributed by atoms with van der Waals surface area (Å²) in [5, 5.41) is 3.91. The summed E-state index contributed by atoms with van der Waals surface area (Å²) >= 11 is 6.34. The Morgan fingerprint density at radius 1 is 1.10 bits per heavy atom.